The van der Waals surface area contributed by atoms with Crippen LogP contribution in [0.3, 0.4) is 0 Å². The molecule has 0 spiro atoms. The molecule has 10 heteroatoms. The molecule has 1 saturated heterocycles. The Morgan fingerprint density at radius 3 is 2.56 bits per heavy atom. The molecular weight excluding hydrogens is 476 g/mol. The number of benzene rings is 2. The van der Waals surface area contributed by atoms with Gasteiger partial charge < -0.3 is 15.1 Å². The van der Waals surface area contributed by atoms with Crippen molar-refractivity contribution in [3.8, 4) is 0 Å². The molecule has 0 aliphatic carbocycles. The quantitative estimate of drug-likeness (QED) is 0.456. The van der Waals surface area contributed by atoms with Gasteiger partial charge in [-0.2, -0.15) is 0 Å². The van der Waals surface area contributed by atoms with Crippen LogP contribution < -0.4 is 10.0 Å². The molecule has 2 amide bonds. The van der Waals surface area contributed by atoms with E-state index in [1.807, 2.05) is 49.3 Å². The van der Waals surface area contributed by atoms with E-state index in [4.69, 9.17) is 11.6 Å². The molecule has 0 aromatic heterocycles. The number of sulfonamides is 1. The maximum atomic E-state index is 12.9. The summed E-state index contributed by atoms with van der Waals surface area (Å²) in [5.74, 6) is -0.336. The van der Waals surface area contributed by atoms with Gasteiger partial charge in [0.15, 0.2) is 0 Å². The SMILES string of the molecule is CN(C)[C@@H](CNC(=O)c1cc(S(=O)(=O)NCCCN2CCCC2=O)ccc1Cl)c1ccccc1. The third kappa shape index (κ3) is 6.79. The van der Waals surface area contributed by atoms with Gasteiger partial charge in [-0.3, -0.25) is 9.59 Å². The maximum Gasteiger partial charge on any atom is 0.252 e. The molecule has 0 radical (unpaired) electrons. The zero-order chi connectivity index (χ0) is 24.7. The lowest BCUT2D eigenvalue weighted by Gasteiger charge is -2.25. The normalized spacial score (nSPS) is 15.1. The first-order valence-electron chi connectivity index (χ1n) is 11.3. The monoisotopic (exact) mass is 506 g/mol. The first-order valence-corrected chi connectivity index (χ1v) is 13.1. The van der Waals surface area contributed by atoms with Gasteiger partial charge in [-0.05, 0) is 50.7 Å². The zero-order valence-electron chi connectivity index (χ0n) is 19.5. The molecule has 1 heterocycles. The van der Waals surface area contributed by atoms with E-state index in [2.05, 4.69) is 10.0 Å². The fourth-order valence-corrected chi connectivity index (χ4v) is 5.21. The van der Waals surface area contributed by atoms with E-state index in [1.54, 1.807) is 4.90 Å². The van der Waals surface area contributed by atoms with Crippen LogP contribution in [-0.2, 0) is 14.8 Å². The number of halogens is 1. The summed E-state index contributed by atoms with van der Waals surface area (Å²) in [5, 5.41) is 3.04. The number of hydrogen-bond donors (Lipinski definition) is 2. The number of likely N-dealkylation sites (N-methyl/N-ethyl adjacent to an activating group) is 1. The highest BCUT2D eigenvalue weighted by atomic mass is 35.5. The molecule has 0 saturated carbocycles. The van der Waals surface area contributed by atoms with Crippen LogP contribution in [0, 0.1) is 0 Å². The zero-order valence-corrected chi connectivity index (χ0v) is 21.0. The Kier molecular flexibility index (Phi) is 9.07. The minimum absolute atomic E-state index is 0.0356. The number of amides is 2. The summed E-state index contributed by atoms with van der Waals surface area (Å²) in [6.07, 6.45) is 1.92. The third-order valence-electron chi connectivity index (χ3n) is 5.82. The molecule has 1 aliphatic rings. The smallest absolute Gasteiger partial charge is 0.252 e. The molecular formula is C24H31ClN4O4S. The predicted octanol–water partition coefficient (Wildman–Crippen LogP) is 2.66. The average molecular weight is 507 g/mol. The van der Waals surface area contributed by atoms with Crippen molar-refractivity contribution < 1.29 is 18.0 Å². The van der Waals surface area contributed by atoms with Crippen LogP contribution in [0.1, 0.15) is 41.2 Å². The molecule has 8 nitrogen and oxygen atoms in total. The van der Waals surface area contributed by atoms with Crippen molar-refractivity contribution in [3.63, 3.8) is 0 Å². The van der Waals surface area contributed by atoms with E-state index in [9.17, 15) is 18.0 Å². The van der Waals surface area contributed by atoms with Crippen LogP contribution in [0.5, 0.6) is 0 Å². The molecule has 0 bridgehead atoms. The standard InChI is InChI=1S/C24H31ClN4O4S/c1-28(2)22(18-8-4-3-5-9-18)17-26-24(31)20-16-19(11-12-21(20)25)34(32,33)27-13-7-15-29-14-6-10-23(29)30/h3-5,8-9,11-12,16,22,27H,6-7,10,13-15,17H2,1-2H3,(H,26,31)/t22-/m0/s1. The first-order chi connectivity index (χ1) is 16.2. The largest absolute Gasteiger partial charge is 0.350 e. The summed E-state index contributed by atoms with van der Waals surface area (Å²) in [6, 6.07) is 13.8. The second kappa shape index (κ2) is 11.8. The van der Waals surface area contributed by atoms with Crippen molar-refractivity contribution in [2.75, 3.05) is 40.3 Å². The van der Waals surface area contributed by atoms with Gasteiger partial charge in [0.05, 0.1) is 21.5 Å². The highest BCUT2D eigenvalue weighted by Crippen LogP contribution is 2.22. The molecule has 3 rings (SSSR count). The minimum Gasteiger partial charge on any atom is -0.350 e. The van der Waals surface area contributed by atoms with Crippen LogP contribution >= 0.6 is 11.6 Å². The Morgan fingerprint density at radius 1 is 1.18 bits per heavy atom. The Balaban J connectivity index is 1.62. The topological polar surface area (TPSA) is 98.8 Å². The molecule has 1 aliphatic heterocycles. The summed E-state index contributed by atoms with van der Waals surface area (Å²) >= 11 is 6.23. The van der Waals surface area contributed by atoms with E-state index in [0.717, 1.165) is 18.5 Å². The van der Waals surface area contributed by atoms with Crippen LogP contribution in [0.25, 0.3) is 0 Å². The van der Waals surface area contributed by atoms with Gasteiger partial charge in [-0.25, -0.2) is 13.1 Å². The third-order valence-corrected chi connectivity index (χ3v) is 7.61. The van der Waals surface area contributed by atoms with E-state index in [0.29, 0.717) is 25.9 Å². The van der Waals surface area contributed by atoms with E-state index >= 15 is 0 Å². The van der Waals surface area contributed by atoms with Crippen LogP contribution in [-0.4, -0.2) is 70.3 Å². The van der Waals surface area contributed by atoms with Crippen molar-refractivity contribution in [3.05, 3.63) is 64.7 Å². The van der Waals surface area contributed by atoms with Gasteiger partial charge in [0, 0.05) is 32.6 Å². The minimum atomic E-state index is -3.83. The molecule has 34 heavy (non-hydrogen) atoms. The van der Waals surface area contributed by atoms with Gasteiger partial charge in [0.25, 0.3) is 5.91 Å². The van der Waals surface area contributed by atoms with Crippen LogP contribution in [0.4, 0.5) is 0 Å². The average Bonchev–Trinajstić information content (AvgIpc) is 3.22. The van der Waals surface area contributed by atoms with Gasteiger partial charge in [-0.15, -0.1) is 0 Å². The molecule has 184 valence electrons. The predicted molar refractivity (Wildman–Crippen MR) is 132 cm³/mol. The van der Waals surface area contributed by atoms with Crippen LogP contribution in [0.2, 0.25) is 5.02 Å². The number of hydrogen-bond acceptors (Lipinski definition) is 5. The molecule has 2 aromatic rings. The summed E-state index contributed by atoms with van der Waals surface area (Å²) in [6.45, 7) is 1.76. The second-order valence-electron chi connectivity index (χ2n) is 8.48. The Hall–Kier alpha value is -2.46. The van der Waals surface area contributed by atoms with Gasteiger partial charge in [0.2, 0.25) is 15.9 Å². The number of likely N-dealkylation sites (tertiary alicyclic amines) is 1. The lowest BCUT2D eigenvalue weighted by molar-refractivity contribution is -0.127. The van der Waals surface area contributed by atoms with Crippen LogP contribution in [0.15, 0.2) is 53.4 Å². The molecule has 2 aromatic carbocycles. The second-order valence-corrected chi connectivity index (χ2v) is 10.7. The molecule has 0 unspecified atom stereocenters. The Labute approximate surface area is 206 Å². The van der Waals surface area contributed by atoms with Gasteiger partial charge >= 0.3 is 0 Å². The number of carbonyl (C=O) groups excluding carboxylic acids is 2. The van der Waals surface area contributed by atoms with Crippen molar-refractivity contribution in [1.82, 2.24) is 19.8 Å². The van der Waals surface area contributed by atoms with Gasteiger partial charge in [-0.1, -0.05) is 41.9 Å². The number of carbonyl (C=O) groups is 2. The summed E-state index contributed by atoms with van der Waals surface area (Å²) in [5.41, 5.74) is 1.15. The van der Waals surface area contributed by atoms with Crippen molar-refractivity contribution in [1.29, 1.82) is 0 Å². The Bertz CT molecular complexity index is 1110. The summed E-state index contributed by atoms with van der Waals surface area (Å²) in [7, 11) is 0.0214. The molecule has 1 fully saturated rings. The summed E-state index contributed by atoms with van der Waals surface area (Å²) < 4.78 is 28.0. The van der Waals surface area contributed by atoms with E-state index in [-0.39, 0.29) is 34.0 Å². The van der Waals surface area contributed by atoms with Crippen molar-refractivity contribution in [2.24, 2.45) is 0 Å². The Morgan fingerprint density at radius 2 is 1.91 bits per heavy atom. The van der Waals surface area contributed by atoms with E-state index in [1.165, 1.54) is 18.2 Å². The van der Waals surface area contributed by atoms with Crippen molar-refractivity contribution >= 4 is 33.4 Å². The first kappa shape index (κ1) is 26.2. The summed E-state index contributed by atoms with van der Waals surface area (Å²) in [4.78, 5) is 28.2. The number of nitrogens with zero attached hydrogens (tertiary/aromatic N) is 2. The fraction of sp³-hybridized carbons (Fsp3) is 0.417. The maximum absolute atomic E-state index is 12.9. The lowest BCUT2D eigenvalue weighted by Crippen LogP contribution is -2.35. The number of nitrogens with one attached hydrogen (secondary N) is 2. The molecule has 2 N–H and O–H groups in total. The van der Waals surface area contributed by atoms with E-state index < -0.39 is 15.9 Å². The fourth-order valence-electron chi connectivity index (χ4n) is 3.90. The lowest BCUT2D eigenvalue weighted by atomic mass is 10.1. The highest BCUT2D eigenvalue weighted by Gasteiger charge is 2.22. The van der Waals surface area contributed by atoms with Gasteiger partial charge in [0.1, 0.15) is 0 Å². The van der Waals surface area contributed by atoms with Crippen molar-refractivity contribution in [2.45, 2.75) is 30.2 Å². The number of rotatable bonds is 11. The highest BCUT2D eigenvalue weighted by molar-refractivity contribution is 7.89. The molecule has 1 atom stereocenters.